The number of nitrogens with one attached hydrogen (secondary N) is 2. The summed E-state index contributed by atoms with van der Waals surface area (Å²) in [6.07, 6.45) is -0.319. The molecule has 0 saturated carbocycles. The number of H-pyrrole nitrogens is 1. The summed E-state index contributed by atoms with van der Waals surface area (Å²) in [5.74, 6) is -0.866. The van der Waals surface area contributed by atoms with Crippen molar-refractivity contribution in [3.63, 3.8) is 0 Å². The molecule has 0 spiro atoms. The van der Waals surface area contributed by atoms with Gasteiger partial charge in [0.1, 0.15) is 23.6 Å². The molecule has 1 aliphatic heterocycles. The summed E-state index contributed by atoms with van der Waals surface area (Å²) >= 11 is 0. The largest absolute Gasteiger partial charge is 0.341 e. The first-order valence-electron chi connectivity index (χ1n) is 11.8. The Morgan fingerprint density at radius 1 is 1.09 bits per heavy atom. The van der Waals surface area contributed by atoms with E-state index in [0.29, 0.717) is 31.9 Å². The maximum atomic E-state index is 14.6. The molecule has 2 aromatic carbocycles. The van der Waals surface area contributed by atoms with E-state index < -0.39 is 17.8 Å². The predicted octanol–water partition coefficient (Wildman–Crippen LogP) is 5.52. The van der Waals surface area contributed by atoms with Gasteiger partial charge in [-0.05, 0) is 36.2 Å². The van der Waals surface area contributed by atoms with E-state index in [4.69, 9.17) is 4.98 Å². The molecule has 4 nitrogen and oxygen atoms in total. The van der Waals surface area contributed by atoms with Crippen LogP contribution in [0.1, 0.15) is 43.8 Å². The van der Waals surface area contributed by atoms with Gasteiger partial charge in [-0.25, -0.2) is 18.2 Å². The number of nitrogens with zero attached hydrogens (tertiary/aromatic N) is 2. The Kier molecular flexibility index (Phi) is 7.14. The van der Waals surface area contributed by atoms with Gasteiger partial charge in [0.25, 0.3) is 0 Å². The Morgan fingerprint density at radius 2 is 1.82 bits per heavy atom. The molecule has 7 heteroatoms. The standard InChI is InChI=1S/C27H33F3N4/c1-27(2,3)25(34(4)16-18-14-31-15-22(18)30)24-23(12-17-8-6-5-7-9-17)32-26(33-24)20-13-19(28)10-11-21(20)29/h5-11,13,18,22,25,31H,12,14-16H2,1-4H3,(H,32,33). The molecule has 4 rings (SSSR count). The predicted molar refractivity (Wildman–Crippen MR) is 129 cm³/mol. The van der Waals surface area contributed by atoms with Crippen molar-refractivity contribution in [3.8, 4) is 11.4 Å². The minimum absolute atomic E-state index is 0.0969. The lowest BCUT2D eigenvalue weighted by atomic mass is 9.82. The zero-order valence-corrected chi connectivity index (χ0v) is 20.2. The summed E-state index contributed by atoms with van der Waals surface area (Å²) in [5.41, 5.74) is 2.56. The van der Waals surface area contributed by atoms with Crippen LogP contribution < -0.4 is 5.32 Å². The van der Waals surface area contributed by atoms with Gasteiger partial charge < -0.3 is 10.3 Å². The van der Waals surface area contributed by atoms with E-state index in [1.165, 1.54) is 0 Å². The van der Waals surface area contributed by atoms with Crippen LogP contribution in [0, 0.1) is 23.0 Å². The Bertz CT molecular complexity index is 1110. The number of halogens is 3. The average molecular weight is 471 g/mol. The van der Waals surface area contributed by atoms with Crippen LogP contribution in [0.4, 0.5) is 13.2 Å². The van der Waals surface area contributed by atoms with Crippen LogP contribution in [0.15, 0.2) is 48.5 Å². The van der Waals surface area contributed by atoms with Crippen LogP contribution in [0.2, 0.25) is 0 Å². The van der Waals surface area contributed by atoms with E-state index in [1.807, 2.05) is 37.4 Å². The van der Waals surface area contributed by atoms with E-state index in [0.717, 1.165) is 35.2 Å². The number of benzene rings is 2. The highest BCUT2D eigenvalue weighted by atomic mass is 19.1. The second kappa shape index (κ2) is 9.92. The molecule has 182 valence electrons. The quantitative estimate of drug-likeness (QED) is 0.478. The van der Waals surface area contributed by atoms with Crippen LogP contribution in [0.5, 0.6) is 0 Å². The molecule has 1 aliphatic rings. The van der Waals surface area contributed by atoms with Gasteiger partial charge in [0.05, 0.1) is 17.3 Å². The van der Waals surface area contributed by atoms with Crippen molar-refractivity contribution in [2.24, 2.45) is 11.3 Å². The Labute approximate surface area is 199 Å². The van der Waals surface area contributed by atoms with Crippen molar-refractivity contribution in [1.29, 1.82) is 0 Å². The Hall–Kier alpha value is -2.64. The van der Waals surface area contributed by atoms with Gasteiger partial charge in [-0.3, -0.25) is 4.90 Å². The molecule has 0 amide bonds. The van der Waals surface area contributed by atoms with Crippen LogP contribution in [-0.4, -0.2) is 47.7 Å². The number of rotatable bonds is 7. The van der Waals surface area contributed by atoms with E-state index in [1.54, 1.807) is 0 Å². The van der Waals surface area contributed by atoms with Gasteiger partial charge in [0, 0.05) is 37.7 Å². The Balaban J connectivity index is 1.78. The van der Waals surface area contributed by atoms with Crippen molar-refractivity contribution in [2.45, 2.75) is 39.4 Å². The summed E-state index contributed by atoms with van der Waals surface area (Å²) in [7, 11) is 1.99. The molecule has 0 bridgehead atoms. The van der Waals surface area contributed by atoms with Crippen LogP contribution in [-0.2, 0) is 6.42 Å². The lowest BCUT2D eigenvalue weighted by Crippen LogP contribution is -2.39. The first-order chi connectivity index (χ1) is 16.1. The minimum atomic E-state index is -0.886. The highest BCUT2D eigenvalue weighted by Gasteiger charge is 2.37. The molecule has 2 heterocycles. The summed E-state index contributed by atoms with van der Waals surface area (Å²) < 4.78 is 43.0. The van der Waals surface area contributed by atoms with Gasteiger partial charge in [-0.2, -0.15) is 0 Å². The molecule has 0 radical (unpaired) electrons. The van der Waals surface area contributed by atoms with Crippen LogP contribution in [0.3, 0.4) is 0 Å². The minimum Gasteiger partial charge on any atom is -0.341 e. The third kappa shape index (κ3) is 5.36. The summed E-state index contributed by atoms with van der Waals surface area (Å²) in [4.78, 5) is 10.3. The van der Waals surface area contributed by atoms with E-state index in [-0.39, 0.29) is 22.9 Å². The molecule has 1 saturated heterocycles. The Morgan fingerprint density at radius 3 is 2.47 bits per heavy atom. The van der Waals surface area contributed by atoms with Gasteiger partial charge in [-0.15, -0.1) is 0 Å². The maximum absolute atomic E-state index is 14.6. The molecule has 34 heavy (non-hydrogen) atoms. The highest BCUT2D eigenvalue weighted by Crippen LogP contribution is 2.40. The number of aromatic nitrogens is 2. The number of alkyl halides is 1. The monoisotopic (exact) mass is 470 g/mol. The first kappa shape index (κ1) is 24.5. The molecule has 2 N–H and O–H groups in total. The number of hydrogen-bond acceptors (Lipinski definition) is 3. The highest BCUT2D eigenvalue weighted by molar-refractivity contribution is 5.57. The fraction of sp³-hybridized carbons (Fsp3) is 0.444. The van der Waals surface area contributed by atoms with E-state index in [9.17, 15) is 13.2 Å². The zero-order chi connectivity index (χ0) is 24.5. The summed E-state index contributed by atoms with van der Waals surface area (Å²) in [6, 6.07) is 13.2. The average Bonchev–Trinajstić information content (AvgIpc) is 3.36. The molecule has 0 aliphatic carbocycles. The van der Waals surface area contributed by atoms with Crippen molar-refractivity contribution < 1.29 is 13.2 Å². The van der Waals surface area contributed by atoms with Gasteiger partial charge >= 0.3 is 0 Å². The maximum Gasteiger partial charge on any atom is 0.140 e. The number of aromatic amines is 1. The number of imidazole rings is 1. The lowest BCUT2D eigenvalue weighted by molar-refractivity contribution is 0.0941. The summed E-state index contributed by atoms with van der Waals surface area (Å²) in [6.45, 7) is 7.95. The van der Waals surface area contributed by atoms with Gasteiger partial charge in [0.2, 0.25) is 0 Å². The lowest BCUT2D eigenvalue weighted by Gasteiger charge is -2.39. The molecule has 3 atom stereocenters. The smallest absolute Gasteiger partial charge is 0.140 e. The molecule has 1 aromatic heterocycles. The normalized spacial score (nSPS) is 19.6. The van der Waals surface area contributed by atoms with Crippen LogP contribution in [0.25, 0.3) is 11.4 Å². The van der Waals surface area contributed by atoms with Crippen LogP contribution >= 0.6 is 0 Å². The topological polar surface area (TPSA) is 44.0 Å². The fourth-order valence-electron chi connectivity index (χ4n) is 5.03. The van der Waals surface area contributed by atoms with Gasteiger partial charge in [0.15, 0.2) is 0 Å². The summed E-state index contributed by atoms with van der Waals surface area (Å²) in [5, 5.41) is 3.13. The van der Waals surface area contributed by atoms with Crippen molar-refractivity contribution in [3.05, 3.63) is 77.1 Å². The third-order valence-corrected chi connectivity index (χ3v) is 6.52. The van der Waals surface area contributed by atoms with Crippen molar-refractivity contribution >= 4 is 0 Å². The SMILES string of the molecule is CN(CC1CNCC1F)C(c1nc(-c2cc(F)ccc2F)[nH]c1Cc1ccccc1)C(C)(C)C. The van der Waals surface area contributed by atoms with E-state index >= 15 is 0 Å². The molecule has 1 fully saturated rings. The zero-order valence-electron chi connectivity index (χ0n) is 20.2. The second-order valence-electron chi connectivity index (χ2n) is 10.4. The van der Waals surface area contributed by atoms with E-state index in [2.05, 4.69) is 36.0 Å². The molecular formula is C27H33F3N4. The third-order valence-electron chi connectivity index (χ3n) is 6.52. The molecule has 3 aromatic rings. The molecule has 3 unspecified atom stereocenters. The van der Waals surface area contributed by atoms with Crippen molar-refractivity contribution in [1.82, 2.24) is 20.2 Å². The molecular weight excluding hydrogens is 437 g/mol. The van der Waals surface area contributed by atoms with Gasteiger partial charge in [-0.1, -0.05) is 51.1 Å². The fourth-order valence-corrected chi connectivity index (χ4v) is 5.03. The van der Waals surface area contributed by atoms with Crippen molar-refractivity contribution in [2.75, 3.05) is 26.7 Å². The second-order valence-corrected chi connectivity index (χ2v) is 10.4. The number of hydrogen-bond donors (Lipinski definition) is 2. The first-order valence-corrected chi connectivity index (χ1v) is 11.8.